The van der Waals surface area contributed by atoms with Gasteiger partial charge >= 0.3 is 0 Å². The van der Waals surface area contributed by atoms with Crippen LogP contribution in [0.4, 0.5) is 22.7 Å². The molecule has 0 aliphatic rings. The SMILES string of the molecule is COc1cc(N(CCO)CC[N+](C)(C)C)ccc1N=Nc1cccc([N+](=O)[O-])c1. The average molecular weight is 402 g/mol. The van der Waals surface area contributed by atoms with E-state index in [0.29, 0.717) is 23.7 Å². The van der Waals surface area contributed by atoms with Crippen molar-refractivity contribution in [2.75, 3.05) is 59.4 Å². The van der Waals surface area contributed by atoms with Crippen molar-refractivity contribution in [3.05, 3.63) is 52.6 Å². The van der Waals surface area contributed by atoms with E-state index < -0.39 is 4.92 Å². The zero-order valence-electron chi connectivity index (χ0n) is 17.3. The van der Waals surface area contributed by atoms with E-state index in [2.05, 4.69) is 36.3 Å². The highest BCUT2D eigenvalue weighted by molar-refractivity contribution is 5.62. The van der Waals surface area contributed by atoms with E-state index in [9.17, 15) is 15.2 Å². The maximum absolute atomic E-state index is 10.9. The predicted octanol–water partition coefficient (Wildman–Crippen LogP) is 3.52. The number of methoxy groups -OCH3 is 1. The minimum absolute atomic E-state index is 0.0411. The number of aliphatic hydroxyl groups is 1. The van der Waals surface area contributed by atoms with E-state index in [-0.39, 0.29) is 12.3 Å². The molecule has 0 heterocycles. The molecule has 29 heavy (non-hydrogen) atoms. The van der Waals surface area contributed by atoms with Crippen LogP contribution in [0.1, 0.15) is 0 Å². The molecule has 0 atom stereocenters. The average Bonchev–Trinajstić information content (AvgIpc) is 2.69. The van der Waals surface area contributed by atoms with Crippen molar-refractivity contribution in [3.63, 3.8) is 0 Å². The third kappa shape index (κ3) is 6.81. The summed E-state index contributed by atoms with van der Waals surface area (Å²) in [6, 6.07) is 11.5. The number of nitrogens with zero attached hydrogens (tertiary/aromatic N) is 5. The van der Waals surface area contributed by atoms with Gasteiger partial charge < -0.3 is 19.2 Å². The first-order chi connectivity index (χ1) is 13.7. The molecular weight excluding hydrogens is 374 g/mol. The molecule has 156 valence electrons. The number of azo groups is 1. The largest absolute Gasteiger partial charge is 0.494 e. The van der Waals surface area contributed by atoms with Crippen molar-refractivity contribution in [2.24, 2.45) is 10.2 Å². The van der Waals surface area contributed by atoms with Crippen LogP contribution in [-0.2, 0) is 0 Å². The number of non-ortho nitro benzene ring substituents is 1. The van der Waals surface area contributed by atoms with Gasteiger partial charge in [-0.2, -0.15) is 5.11 Å². The van der Waals surface area contributed by atoms with Gasteiger partial charge in [-0.3, -0.25) is 10.1 Å². The molecule has 9 nitrogen and oxygen atoms in total. The number of likely N-dealkylation sites (N-methyl/N-ethyl adjacent to an activating group) is 1. The zero-order chi connectivity index (χ0) is 21.4. The molecule has 2 rings (SSSR count). The highest BCUT2D eigenvalue weighted by Crippen LogP contribution is 2.33. The molecule has 0 aromatic heterocycles. The Morgan fingerprint density at radius 3 is 2.52 bits per heavy atom. The fraction of sp³-hybridized carbons (Fsp3) is 0.400. The minimum atomic E-state index is -0.472. The van der Waals surface area contributed by atoms with Gasteiger partial charge in [-0.25, -0.2) is 0 Å². The summed E-state index contributed by atoms with van der Waals surface area (Å²) in [6.45, 7) is 2.25. The van der Waals surface area contributed by atoms with Gasteiger partial charge in [-0.05, 0) is 18.2 Å². The number of rotatable bonds is 10. The number of nitro benzene ring substituents is 1. The Bertz CT molecular complexity index is 864. The highest BCUT2D eigenvalue weighted by Gasteiger charge is 2.14. The van der Waals surface area contributed by atoms with Gasteiger partial charge in [-0.15, -0.1) is 5.11 Å². The summed E-state index contributed by atoms with van der Waals surface area (Å²) >= 11 is 0. The van der Waals surface area contributed by atoms with E-state index in [4.69, 9.17) is 4.74 Å². The lowest BCUT2D eigenvalue weighted by Crippen LogP contribution is -2.42. The molecule has 0 aliphatic heterocycles. The van der Waals surface area contributed by atoms with Crippen molar-refractivity contribution in [3.8, 4) is 5.75 Å². The number of quaternary nitrogens is 1. The second kappa shape index (κ2) is 9.94. The Morgan fingerprint density at radius 1 is 1.14 bits per heavy atom. The summed E-state index contributed by atoms with van der Waals surface area (Å²) in [7, 11) is 7.91. The lowest BCUT2D eigenvalue weighted by Gasteiger charge is -2.30. The molecule has 0 spiro atoms. The van der Waals surface area contributed by atoms with Crippen LogP contribution >= 0.6 is 0 Å². The molecule has 2 aromatic carbocycles. The van der Waals surface area contributed by atoms with Gasteiger partial charge in [-0.1, -0.05) is 6.07 Å². The van der Waals surface area contributed by atoms with Crippen LogP contribution in [-0.4, -0.2) is 69.0 Å². The monoisotopic (exact) mass is 402 g/mol. The number of hydrogen-bond donors (Lipinski definition) is 1. The Hall–Kier alpha value is -3.04. The second-order valence-electron chi connectivity index (χ2n) is 7.56. The van der Waals surface area contributed by atoms with Crippen molar-refractivity contribution in [1.29, 1.82) is 0 Å². The first-order valence-electron chi connectivity index (χ1n) is 9.24. The third-order valence-electron chi connectivity index (χ3n) is 4.25. The topological polar surface area (TPSA) is 101 Å². The lowest BCUT2D eigenvalue weighted by molar-refractivity contribution is -0.868. The normalized spacial score (nSPS) is 11.6. The zero-order valence-corrected chi connectivity index (χ0v) is 17.3. The first-order valence-corrected chi connectivity index (χ1v) is 9.24. The van der Waals surface area contributed by atoms with Gasteiger partial charge in [0.15, 0.2) is 0 Å². The van der Waals surface area contributed by atoms with Gasteiger partial charge in [0.25, 0.3) is 5.69 Å². The smallest absolute Gasteiger partial charge is 0.271 e. The van der Waals surface area contributed by atoms with Crippen molar-refractivity contribution >= 4 is 22.7 Å². The molecule has 0 amide bonds. The number of aliphatic hydroxyl groups excluding tert-OH is 1. The first kappa shape index (κ1) is 22.3. The third-order valence-corrected chi connectivity index (χ3v) is 4.25. The van der Waals surface area contributed by atoms with E-state index in [0.717, 1.165) is 23.3 Å². The van der Waals surface area contributed by atoms with Crippen LogP contribution in [0.15, 0.2) is 52.7 Å². The summed E-state index contributed by atoms with van der Waals surface area (Å²) in [5.41, 5.74) is 1.77. The molecule has 0 unspecified atom stereocenters. The molecule has 9 heteroatoms. The number of hydrogen-bond acceptors (Lipinski definition) is 7. The summed E-state index contributed by atoms with van der Waals surface area (Å²) in [5, 5.41) is 28.6. The summed E-state index contributed by atoms with van der Waals surface area (Å²) in [4.78, 5) is 12.5. The van der Waals surface area contributed by atoms with E-state index in [1.165, 1.54) is 12.1 Å². The Labute approximate surface area is 170 Å². The van der Waals surface area contributed by atoms with Gasteiger partial charge in [0.2, 0.25) is 0 Å². The number of anilines is 1. The molecule has 0 saturated heterocycles. The summed E-state index contributed by atoms with van der Waals surface area (Å²) in [5.74, 6) is 0.532. The van der Waals surface area contributed by atoms with Gasteiger partial charge in [0.1, 0.15) is 11.4 Å². The van der Waals surface area contributed by atoms with Crippen LogP contribution in [0.25, 0.3) is 0 Å². The van der Waals surface area contributed by atoms with Crippen LogP contribution in [0.5, 0.6) is 5.75 Å². The number of benzene rings is 2. The number of nitro groups is 1. The van der Waals surface area contributed by atoms with Crippen LogP contribution in [0.2, 0.25) is 0 Å². The van der Waals surface area contributed by atoms with E-state index in [1.807, 2.05) is 12.1 Å². The molecule has 0 saturated carbocycles. The molecule has 0 bridgehead atoms. The molecular formula is C20H28N5O4+. The molecule has 1 N–H and O–H groups in total. The Balaban J connectivity index is 2.24. The lowest BCUT2D eigenvalue weighted by atomic mass is 10.2. The van der Waals surface area contributed by atoms with E-state index >= 15 is 0 Å². The highest BCUT2D eigenvalue weighted by atomic mass is 16.6. The van der Waals surface area contributed by atoms with E-state index in [1.54, 1.807) is 25.3 Å². The van der Waals surface area contributed by atoms with Crippen molar-refractivity contribution in [1.82, 2.24) is 0 Å². The molecule has 2 aromatic rings. The second-order valence-corrected chi connectivity index (χ2v) is 7.56. The Kier molecular flexibility index (Phi) is 7.63. The van der Waals surface area contributed by atoms with Gasteiger partial charge in [0, 0.05) is 30.4 Å². The summed E-state index contributed by atoms with van der Waals surface area (Å²) in [6.07, 6.45) is 0. The van der Waals surface area contributed by atoms with Crippen molar-refractivity contribution < 1.29 is 19.2 Å². The quantitative estimate of drug-likeness (QED) is 0.284. The molecule has 0 fully saturated rings. The standard InChI is InChI=1S/C20H28N5O4/c1-25(2,3)12-10-23(11-13-26)17-8-9-19(20(15-17)29-4)22-21-16-6-5-7-18(14-16)24(27)28/h5-9,14-15,26H,10-13H2,1-4H3/q+1. The fourth-order valence-electron chi connectivity index (χ4n) is 2.64. The maximum Gasteiger partial charge on any atom is 0.271 e. The predicted molar refractivity (Wildman–Crippen MR) is 112 cm³/mol. The minimum Gasteiger partial charge on any atom is -0.494 e. The van der Waals surface area contributed by atoms with Gasteiger partial charge in [0.05, 0.1) is 58.6 Å². The Morgan fingerprint density at radius 2 is 1.90 bits per heavy atom. The van der Waals surface area contributed by atoms with Crippen molar-refractivity contribution in [2.45, 2.75) is 0 Å². The summed E-state index contributed by atoms with van der Waals surface area (Å²) < 4.78 is 6.27. The van der Waals surface area contributed by atoms with Crippen LogP contribution in [0, 0.1) is 10.1 Å². The maximum atomic E-state index is 10.9. The molecule has 0 aliphatic carbocycles. The van der Waals surface area contributed by atoms with Crippen LogP contribution < -0.4 is 9.64 Å². The molecule has 0 radical (unpaired) electrons. The van der Waals surface area contributed by atoms with Crippen LogP contribution in [0.3, 0.4) is 0 Å². The fourth-order valence-corrected chi connectivity index (χ4v) is 2.64. The number of ether oxygens (including phenoxy) is 1.